The van der Waals surface area contributed by atoms with Crippen LogP contribution in [0.2, 0.25) is 0 Å². The zero-order chi connectivity index (χ0) is 37.0. The molecule has 0 spiro atoms. The minimum absolute atomic E-state index is 0.609. The summed E-state index contributed by atoms with van der Waals surface area (Å²) < 4.78 is 0. The third-order valence-corrected chi connectivity index (χ3v) is 9.90. The van der Waals surface area contributed by atoms with Crippen LogP contribution in [0, 0.1) is 6.92 Å². The molecule has 0 N–H and O–H groups in total. The molecule has 0 unspecified atom stereocenters. The molecule has 4 heteroatoms. The van der Waals surface area contributed by atoms with Gasteiger partial charge in [-0.25, -0.2) is 15.0 Å². The Hall–Kier alpha value is -7.30. The molecule has 0 fully saturated rings. The fourth-order valence-corrected chi connectivity index (χ4v) is 6.90. The first-order chi connectivity index (χ1) is 27.1. The molecule has 0 aliphatic rings. The Morgan fingerprint density at radius 2 is 0.636 bits per heavy atom. The quantitative estimate of drug-likeness (QED) is 0.158. The fraction of sp³-hybridized carbons (Fsp3) is 0.0196. The van der Waals surface area contributed by atoms with Gasteiger partial charge in [0.25, 0.3) is 0 Å². The van der Waals surface area contributed by atoms with Crippen LogP contribution in [0.25, 0.3) is 89.8 Å². The molecule has 0 aliphatic heterocycles. The maximum atomic E-state index is 5.19. The number of pyridine rings is 1. The van der Waals surface area contributed by atoms with Crippen molar-refractivity contribution in [1.82, 2.24) is 19.9 Å². The number of hydrogen-bond acceptors (Lipinski definition) is 4. The summed E-state index contributed by atoms with van der Waals surface area (Å²) in [5, 5.41) is 0. The highest BCUT2D eigenvalue weighted by Gasteiger charge is 2.16. The van der Waals surface area contributed by atoms with E-state index in [1.165, 1.54) is 5.56 Å². The van der Waals surface area contributed by atoms with Gasteiger partial charge in [0.1, 0.15) is 0 Å². The summed E-state index contributed by atoms with van der Waals surface area (Å²) in [5.41, 5.74) is 15.1. The molecule has 260 valence electrons. The van der Waals surface area contributed by atoms with E-state index < -0.39 is 0 Å². The smallest absolute Gasteiger partial charge is 0.164 e. The molecule has 9 rings (SSSR count). The highest BCUT2D eigenvalue weighted by molar-refractivity contribution is 5.82. The van der Waals surface area contributed by atoms with Gasteiger partial charge in [-0.3, -0.25) is 4.98 Å². The third-order valence-electron chi connectivity index (χ3n) is 9.90. The predicted molar refractivity (Wildman–Crippen MR) is 226 cm³/mol. The molecule has 0 saturated carbocycles. The van der Waals surface area contributed by atoms with Crippen molar-refractivity contribution in [2.24, 2.45) is 0 Å². The van der Waals surface area contributed by atoms with Crippen LogP contribution in [0.3, 0.4) is 0 Å². The average Bonchev–Trinajstić information content (AvgIpc) is 3.27. The van der Waals surface area contributed by atoms with Crippen molar-refractivity contribution in [1.29, 1.82) is 0 Å². The summed E-state index contributed by atoms with van der Waals surface area (Å²) in [6, 6.07) is 65.7. The third kappa shape index (κ3) is 7.35. The Kier molecular flexibility index (Phi) is 9.13. The van der Waals surface area contributed by atoms with Crippen LogP contribution in [0.15, 0.2) is 200 Å². The standard InChI is InChI=1S/C51H36N4/c1-35-17-19-40(20-18-35)46-31-47(44-15-8-14-43(30-44)45-16-9-29-52-34-45)33-48(32-46)51-54-49(41-25-21-38(22-26-41)36-10-4-2-5-11-36)53-50(55-51)42-27-23-39(24-28-42)37-12-6-3-7-13-37/h2-34H,1H3. The van der Waals surface area contributed by atoms with E-state index in [0.29, 0.717) is 17.5 Å². The van der Waals surface area contributed by atoms with Crippen LogP contribution in [-0.4, -0.2) is 19.9 Å². The van der Waals surface area contributed by atoms with Crippen molar-refractivity contribution in [3.63, 3.8) is 0 Å². The second-order valence-electron chi connectivity index (χ2n) is 13.7. The molecule has 9 aromatic rings. The van der Waals surface area contributed by atoms with Crippen LogP contribution >= 0.6 is 0 Å². The lowest BCUT2D eigenvalue weighted by molar-refractivity contribution is 1.07. The van der Waals surface area contributed by atoms with E-state index in [0.717, 1.165) is 72.3 Å². The number of aromatic nitrogens is 4. The SMILES string of the molecule is Cc1ccc(-c2cc(-c3cccc(-c4cccnc4)c3)cc(-c3nc(-c4ccc(-c5ccccc5)cc4)nc(-c4ccc(-c5ccccc5)cc4)n3)c2)cc1. The highest BCUT2D eigenvalue weighted by atomic mass is 15.0. The lowest BCUT2D eigenvalue weighted by Gasteiger charge is -2.13. The zero-order valence-electron chi connectivity index (χ0n) is 30.3. The van der Waals surface area contributed by atoms with E-state index in [2.05, 4.69) is 182 Å². The van der Waals surface area contributed by atoms with Crippen molar-refractivity contribution in [3.05, 3.63) is 206 Å². The van der Waals surface area contributed by atoms with Gasteiger partial charge >= 0.3 is 0 Å². The molecular weight excluding hydrogens is 669 g/mol. The fourth-order valence-electron chi connectivity index (χ4n) is 6.90. The molecule has 4 nitrogen and oxygen atoms in total. The monoisotopic (exact) mass is 704 g/mol. The Labute approximate surface area is 321 Å². The molecule has 0 radical (unpaired) electrons. The van der Waals surface area contributed by atoms with Crippen LogP contribution in [-0.2, 0) is 0 Å². The van der Waals surface area contributed by atoms with Crippen molar-refractivity contribution in [2.75, 3.05) is 0 Å². The number of rotatable bonds is 8. The van der Waals surface area contributed by atoms with E-state index in [-0.39, 0.29) is 0 Å². The number of aryl methyl sites for hydroxylation is 1. The second kappa shape index (κ2) is 15.0. The molecule has 0 saturated heterocycles. The van der Waals surface area contributed by atoms with Crippen molar-refractivity contribution >= 4 is 0 Å². The van der Waals surface area contributed by atoms with Gasteiger partial charge in [-0.15, -0.1) is 0 Å². The van der Waals surface area contributed by atoms with E-state index in [1.54, 1.807) is 6.20 Å². The molecule has 2 heterocycles. The Morgan fingerprint density at radius 1 is 0.273 bits per heavy atom. The van der Waals surface area contributed by atoms with E-state index in [4.69, 9.17) is 15.0 Å². The number of nitrogens with zero attached hydrogens (tertiary/aromatic N) is 4. The van der Waals surface area contributed by atoms with Crippen LogP contribution in [0.5, 0.6) is 0 Å². The van der Waals surface area contributed by atoms with Gasteiger partial charge in [0.05, 0.1) is 0 Å². The van der Waals surface area contributed by atoms with Gasteiger partial charge in [0.2, 0.25) is 0 Å². The van der Waals surface area contributed by atoms with Gasteiger partial charge < -0.3 is 0 Å². The lowest BCUT2D eigenvalue weighted by Crippen LogP contribution is -2.01. The second-order valence-corrected chi connectivity index (χ2v) is 13.7. The minimum atomic E-state index is 0.609. The summed E-state index contributed by atoms with van der Waals surface area (Å²) >= 11 is 0. The van der Waals surface area contributed by atoms with Gasteiger partial charge in [-0.2, -0.15) is 0 Å². The first-order valence-corrected chi connectivity index (χ1v) is 18.4. The Bertz CT molecular complexity index is 2610. The van der Waals surface area contributed by atoms with Gasteiger partial charge in [-0.05, 0) is 87.3 Å². The summed E-state index contributed by atoms with van der Waals surface area (Å²) in [4.78, 5) is 19.8. The number of benzene rings is 7. The number of hydrogen-bond donors (Lipinski definition) is 0. The molecule has 0 aliphatic carbocycles. The Morgan fingerprint density at radius 3 is 1.16 bits per heavy atom. The average molecular weight is 705 g/mol. The maximum absolute atomic E-state index is 5.19. The maximum Gasteiger partial charge on any atom is 0.164 e. The van der Waals surface area contributed by atoms with Gasteiger partial charge in [0.15, 0.2) is 17.5 Å². The van der Waals surface area contributed by atoms with Crippen LogP contribution in [0.4, 0.5) is 0 Å². The van der Waals surface area contributed by atoms with Crippen LogP contribution in [0.1, 0.15) is 5.56 Å². The molecule has 0 amide bonds. The topological polar surface area (TPSA) is 51.6 Å². The molecule has 0 atom stereocenters. The van der Waals surface area contributed by atoms with Crippen molar-refractivity contribution < 1.29 is 0 Å². The molecule has 0 bridgehead atoms. The largest absolute Gasteiger partial charge is 0.264 e. The minimum Gasteiger partial charge on any atom is -0.264 e. The molecule has 2 aromatic heterocycles. The predicted octanol–water partition coefficient (Wildman–Crippen LogP) is 12.9. The van der Waals surface area contributed by atoms with Crippen molar-refractivity contribution in [2.45, 2.75) is 6.92 Å². The van der Waals surface area contributed by atoms with E-state index in [1.807, 2.05) is 24.4 Å². The van der Waals surface area contributed by atoms with E-state index >= 15 is 0 Å². The lowest BCUT2D eigenvalue weighted by atomic mass is 9.94. The first kappa shape index (κ1) is 33.5. The van der Waals surface area contributed by atoms with Gasteiger partial charge in [-0.1, -0.05) is 163 Å². The van der Waals surface area contributed by atoms with Gasteiger partial charge in [0, 0.05) is 34.6 Å². The molecule has 7 aromatic carbocycles. The highest BCUT2D eigenvalue weighted by Crippen LogP contribution is 2.35. The normalized spacial score (nSPS) is 11.0. The Balaban J connectivity index is 1.20. The summed E-state index contributed by atoms with van der Waals surface area (Å²) in [6.07, 6.45) is 3.71. The molecular formula is C51H36N4. The molecule has 55 heavy (non-hydrogen) atoms. The van der Waals surface area contributed by atoms with E-state index in [9.17, 15) is 0 Å². The summed E-state index contributed by atoms with van der Waals surface area (Å²) in [5.74, 6) is 1.85. The zero-order valence-corrected chi connectivity index (χ0v) is 30.3. The summed E-state index contributed by atoms with van der Waals surface area (Å²) in [7, 11) is 0. The van der Waals surface area contributed by atoms with Crippen molar-refractivity contribution in [3.8, 4) is 89.8 Å². The van der Waals surface area contributed by atoms with Crippen LogP contribution < -0.4 is 0 Å². The summed E-state index contributed by atoms with van der Waals surface area (Å²) in [6.45, 7) is 2.11. The first-order valence-electron chi connectivity index (χ1n) is 18.4.